The van der Waals surface area contributed by atoms with Crippen LogP contribution in [0.5, 0.6) is 0 Å². The van der Waals surface area contributed by atoms with Gasteiger partial charge in [-0.15, -0.1) is 0 Å². The molecule has 0 unspecified atom stereocenters. The first kappa shape index (κ1) is 46.0. The zero-order valence-electron chi connectivity index (χ0n) is 34.9. The molecule has 0 saturated heterocycles. The van der Waals surface area contributed by atoms with Crippen LogP contribution in [0.4, 0.5) is 0 Å². The summed E-state index contributed by atoms with van der Waals surface area (Å²) in [6.45, 7) is 34.4. The van der Waals surface area contributed by atoms with Crippen molar-refractivity contribution in [3.05, 3.63) is 143 Å². The van der Waals surface area contributed by atoms with Crippen molar-refractivity contribution in [2.24, 2.45) is 0 Å². The topological polar surface area (TPSA) is 77.3 Å². The van der Waals surface area contributed by atoms with E-state index in [-0.39, 0.29) is 21.7 Å². The molecule has 6 nitrogen and oxygen atoms in total. The summed E-state index contributed by atoms with van der Waals surface area (Å²) >= 11 is 5.70. The Labute approximate surface area is 321 Å². The lowest BCUT2D eigenvalue weighted by Crippen LogP contribution is -2.13. The molecule has 5 aromatic rings. The van der Waals surface area contributed by atoms with Crippen molar-refractivity contribution in [2.75, 3.05) is 0 Å². The highest BCUT2D eigenvalue weighted by molar-refractivity contribution is 6.29. The molecule has 0 aliphatic rings. The SMILES string of the molecule is CC(C)(C)c1cc(Cl)ncn1.CC(C)(C)c1ccccc1.CC(C)(C)c1ccccn1.CC(C)(C)c1cnccn1.Cc1ccc(C(C)(C)C)nc1. The minimum atomic E-state index is 0.0482. The highest BCUT2D eigenvalue weighted by atomic mass is 35.5. The number of hydrogen-bond donors (Lipinski definition) is 0. The lowest BCUT2D eigenvalue weighted by atomic mass is 9.87. The first-order valence-electron chi connectivity index (χ1n) is 18.0. The maximum absolute atomic E-state index is 5.70. The fraction of sp³-hybridized carbons (Fsp3) is 0.467. The van der Waals surface area contributed by atoms with Crippen molar-refractivity contribution in [1.82, 2.24) is 29.9 Å². The highest BCUT2D eigenvalue weighted by Gasteiger charge is 2.16. The van der Waals surface area contributed by atoms with Crippen LogP contribution in [0.25, 0.3) is 0 Å². The number of rotatable bonds is 0. The van der Waals surface area contributed by atoms with Crippen LogP contribution in [-0.2, 0) is 27.1 Å². The van der Waals surface area contributed by atoms with Gasteiger partial charge in [-0.25, -0.2) is 9.97 Å². The first-order chi connectivity index (χ1) is 23.8. The van der Waals surface area contributed by atoms with E-state index in [0.29, 0.717) is 10.6 Å². The molecule has 0 N–H and O–H groups in total. The van der Waals surface area contributed by atoms with Gasteiger partial charge in [0, 0.05) is 64.0 Å². The van der Waals surface area contributed by atoms with Crippen molar-refractivity contribution < 1.29 is 0 Å². The molecule has 0 aliphatic carbocycles. The lowest BCUT2D eigenvalue weighted by Gasteiger charge is -2.18. The Morgan fingerprint density at radius 2 is 0.942 bits per heavy atom. The van der Waals surface area contributed by atoms with E-state index in [2.05, 4.69) is 189 Å². The summed E-state index contributed by atoms with van der Waals surface area (Å²) in [6, 6.07) is 22.6. The van der Waals surface area contributed by atoms with Gasteiger partial charge in [-0.1, -0.05) is 158 Å². The van der Waals surface area contributed by atoms with Gasteiger partial charge in [-0.2, -0.15) is 0 Å². The Bertz CT molecular complexity index is 1550. The van der Waals surface area contributed by atoms with Crippen LogP contribution in [0.15, 0.2) is 104 Å². The average molecular weight is 726 g/mol. The molecule has 7 heteroatoms. The maximum Gasteiger partial charge on any atom is 0.132 e. The smallest absolute Gasteiger partial charge is 0.132 e. The molecule has 1 aromatic carbocycles. The zero-order chi connectivity index (χ0) is 39.8. The van der Waals surface area contributed by atoms with E-state index in [4.69, 9.17) is 11.6 Å². The largest absolute Gasteiger partial charge is 0.261 e. The van der Waals surface area contributed by atoms with E-state index < -0.39 is 0 Å². The van der Waals surface area contributed by atoms with Gasteiger partial charge in [0.25, 0.3) is 0 Å². The zero-order valence-corrected chi connectivity index (χ0v) is 35.6. The molecule has 282 valence electrons. The maximum atomic E-state index is 5.70. The van der Waals surface area contributed by atoms with Crippen LogP contribution in [0, 0.1) is 6.92 Å². The standard InChI is InChI=1S/C10H15N.C10H14.C9H13N.C8H11ClN2.C8H12N2/c1-8-5-6-9(11-7-8)10(2,3)4;1-10(2,3)9-7-5-4-6-8-9;1-9(2,3)8-6-4-5-7-10-8;1-8(2,3)6-4-7(9)11-5-10-6;1-8(2,3)7-6-9-4-5-10-7/h5-7H,1-4H3;4-8H,1-3H3;4-7H,1-3H3;4-5H,1-3H3;4-6H,1-3H3. The van der Waals surface area contributed by atoms with Crippen LogP contribution in [0.3, 0.4) is 0 Å². The number of aromatic nitrogens is 6. The first-order valence-corrected chi connectivity index (χ1v) is 18.3. The summed E-state index contributed by atoms with van der Waals surface area (Å²) in [6.07, 6.45) is 10.5. The summed E-state index contributed by atoms with van der Waals surface area (Å²) in [7, 11) is 0. The minimum Gasteiger partial charge on any atom is -0.261 e. The molecule has 5 rings (SSSR count). The molecule has 4 heterocycles. The van der Waals surface area contributed by atoms with Crippen molar-refractivity contribution in [3.63, 3.8) is 0 Å². The second kappa shape index (κ2) is 20.3. The van der Waals surface area contributed by atoms with Gasteiger partial charge in [-0.3, -0.25) is 19.9 Å². The van der Waals surface area contributed by atoms with E-state index >= 15 is 0 Å². The normalized spacial score (nSPS) is 11.6. The van der Waals surface area contributed by atoms with E-state index in [1.54, 1.807) is 24.7 Å². The molecule has 0 aliphatic heterocycles. The van der Waals surface area contributed by atoms with Gasteiger partial charge in [0.1, 0.15) is 11.5 Å². The summed E-state index contributed by atoms with van der Waals surface area (Å²) in [5, 5.41) is 0.505. The van der Waals surface area contributed by atoms with E-state index in [1.165, 1.54) is 17.5 Å². The molecule has 52 heavy (non-hydrogen) atoms. The van der Waals surface area contributed by atoms with Crippen molar-refractivity contribution in [1.29, 1.82) is 0 Å². The van der Waals surface area contributed by atoms with Crippen LogP contribution < -0.4 is 0 Å². The van der Waals surface area contributed by atoms with Crippen molar-refractivity contribution in [3.8, 4) is 0 Å². The average Bonchev–Trinajstić information content (AvgIpc) is 3.06. The Kier molecular flexibility index (Phi) is 17.9. The third-order valence-electron chi connectivity index (χ3n) is 7.49. The second-order valence-corrected chi connectivity index (χ2v) is 18.3. The van der Waals surface area contributed by atoms with E-state index in [1.807, 2.05) is 24.5 Å². The fourth-order valence-corrected chi connectivity index (χ4v) is 4.23. The summed E-state index contributed by atoms with van der Waals surface area (Å²) in [4.78, 5) is 24.7. The number of pyridine rings is 2. The van der Waals surface area contributed by atoms with Gasteiger partial charge in [0.2, 0.25) is 0 Å². The monoisotopic (exact) mass is 724 g/mol. The minimum absolute atomic E-state index is 0.0482. The molecule has 0 bridgehead atoms. The number of aryl methyl sites for hydroxylation is 1. The highest BCUT2D eigenvalue weighted by Crippen LogP contribution is 2.22. The summed E-state index contributed by atoms with van der Waals surface area (Å²) in [5.74, 6) is 0. The molecule has 0 atom stereocenters. The Morgan fingerprint density at radius 3 is 1.27 bits per heavy atom. The van der Waals surface area contributed by atoms with Gasteiger partial charge in [0.05, 0.1) is 11.4 Å². The Hall–Kier alpha value is -4.03. The van der Waals surface area contributed by atoms with Gasteiger partial charge in [0.15, 0.2) is 0 Å². The van der Waals surface area contributed by atoms with Crippen LogP contribution in [0.1, 0.15) is 138 Å². The number of nitrogens with zero attached hydrogens (tertiary/aromatic N) is 6. The predicted molar refractivity (Wildman–Crippen MR) is 222 cm³/mol. The fourth-order valence-electron chi connectivity index (χ4n) is 4.09. The van der Waals surface area contributed by atoms with Crippen LogP contribution in [-0.4, -0.2) is 29.9 Å². The Balaban J connectivity index is 0.000000325. The van der Waals surface area contributed by atoms with Gasteiger partial charge >= 0.3 is 0 Å². The van der Waals surface area contributed by atoms with Crippen LogP contribution >= 0.6 is 11.6 Å². The third-order valence-corrected chi connectivity index (χ3v) is 7.69. The molecular formula is C45H65ClN6. The quantitative estimate of drug-likeness (QED) is 0.148. The van der Waals surface area contributed by atoms with E-state index in [0.717, 1.165) is 22.8 Å². The molecule has 0 radical (unpaired) electrons. The third kappa shape index (κ3) is 19.0. The van der Waals surface area contributed by atoms with E-state index in [9.17, 15) is 0 Å². The molecule has 0 saturated carbocycles. The van der Waals surface area contributed by atoms with Crippen molar-refractivity contribution in [2.45, 2.75) is 138 Å². The second-order valence-electron chi connectivity index (χ2n) is 17.9. The summed E-state index contributed by atoms with van der Waals surface area (Å²) in [5.41, 5.74) is 7.75. The lowest BCUT2D eigenvalue weighted by molar-refractivity contribution is 0.565. The number of halogens is 1. The molecule has 0 fully saturated rings. The van der Waals surface area contributed by atoms with Crippen molar-refractivity contribution >= 4 is 11.6 Å². The molecule has 0 spiro atoms. The van der Waals surface area contributed by atoms with Gasteiger partial charge in [-0.05, 0) is 47.7 Å². The van der Waals surface area contributed by atoms with Crippen LogP contribution in [0.2, 0.25) is 5.15 Å². The predicted octanol–water partition coefficient (Wildman–Crippen LogP) is 12.3. The number of benzene rings is 1. The Morgan fingerprint density at radius 1 is 0.423 bits per heavy atom. The molecular weight excluding hydrogens is 660 g/mol. The number of hydrogen-bond acceptors (Lipinski definition) is 6. The molecule has 4 aromatic heterocycles. The molecule has 0 amide bonds. The summed E-state index contributed by atoms with van der Waals surface area (Å²) < 4.78 is 0. The van der Waals surface area contributed by atoms with Gasteiger partial charge < -0.3 is 0 Å².